The van der Waals surface area contributed by atoms with Gasteiger partial charge >= 0.3 is 5.97 Å². The first-order chi connectivity index (χ1) is 22.4. The van der Waals surface area contributed by atoms with E-state index in [2.05, 4.69) is 5.32 Å². The maximum atomic E-state index is 13.0. The van der Waals surface area contributed by atoms with Crippen LogP contribution in [0.4, 0.5) is 5.69 Å². The Balaban J connectivity index is 1.25. The van der Waals surface area contributed by atoms with E-state index in [1.54, 1.807) is 30.5 Å². The van der Waals surface area contributed by atoms with Gasteiger partial charge in [0, 0.05) is 10.9 Å². The van der Waals surface area contributed by atoms with Gasteiger partial charge in [0.25, 0.3) is 5.91 Å². The lowest BCUT2D eigenvalue weighted by Crippen LogP contribution is -2.25. The number of hydrogen-bond acceptors (Lipinski definition) is 10. The van der Waals surface area contributed by atoms with Gasteiger partial charge in [-0.1, -0.05) is 19.3 Å². The van der Waals surface area contributed by atoms with Crippen LogP contribution in [0.5, 0.6) is 28.7 Å². The molecule has 1 saturated carbocycles. The molecule has 3 aromatic carbocycles. The van der Waals surface area contributed by atoms with Crippen LogP contribution >= 0.6 is 11.3 Å². The zero-order valence-electron chi connectivity index (χ0n) is 25.8. The summed E-state index contributed by atoms with van der Waals surface area (Å²) in [5.74, 6) is 1.34. The van der Waals surface area contributed by atoms with Gasteiger partial charge in [0.15, 0.2) is 18.1 Å². The number of ether oxygens (including phenoxy) is 5. The Labute approximate surface area is 270 Å². The Bertz CT molecular complexity index is 1810. The van der Waals surface area contributed by atoms with Gasteiger partial charge < -0.3 is 29.0 Å². The molecule has 1 aliphatic heterocycles. The Morgan fingerprint density at radius 1 is 0.978 bits per heavy atom. The molecule has 1 fully saturated rings. The fourth-order valence-corrected chi connectivity index (χ4v) is 6.33. The Kier molecular flexibility index (Phi) is 9.34. The molecule has 0 atom stereocenters. The van der Waals surface area contributed by atoms with Gasteiger partial charge in [0.05, 0.1) is 50.5 Å². The van der Waals surface area contributed by atoms with Crippen LogP contribution in [-0.2, 0) is 4.79 Å². The lowest BCUT2D eigenvalue weighted by molar-refractivity contribution is -0.118. The van der Waals surface area contributed by atoms with E-state index in [9.17, 15) is 9.59 Å². The number of methoxy groups -OCH3 is 3. The number of esters is 1. The summed E-state index contributed by atoms with van der Waals surface area (Å²) in [5.41, 5.74) is 3.39. The van der Waals surface area contributed by atoms with E-state index in [0.717, 1.165) is 34.5 Å². The lowest BCUT2D eigenvalue weighted by atomic mass is 9.96. The lowest BCUT2D eigenvalue weighted by Gasteiger charge is -2.18. The van der Waals surface area contributed by atoms with Crippen LogP contribution in [-0.4, -0.2) is 56.7 Å². The molecule has 1 N–H and O–H groups in total. The van der Waals surface area contributed by atoms with Crippen molar-refractivity contribution < 1.29 is 33.3 Å². The predicted molar refractivity (Wildman–Crippen MR) is 175 cm³/mol. The molecule has 1 amide bonds. The number of nitrogens with one attached hydrogen (secondary N) is 1. The van der Waals surface area contributed by atoms with E-state index < -0.39 is 5.97 Å². The largest absolute Gasteiger partial charge is 0.493 e. The molecule has 11 nitrogen and oxygen atoms in total. The average molecular weight is 643 g/mol. The summed E-state index contributed by atoms with van der Waals surface area (Å²) < 4.78 is 29.0. The van der Waals surface area contributed by atoms with Gasteiger partial charge in [0.2, 0.25) is 10.6 Å². The number of amides is 1. The van der Waals surface area contributed by atoms with Crippen LogP contribution in [0.25, 0.3) is 11.3 Å². The quantitative estimate of drug-likeness (QED) is 0.137. The van der Waals surface area contributed by atoms with Gasteiger partial charge in [0.1, 0.15) is 11.5 Å². The summed E-state index contributed by atoms with van der Waals surface area (Å²) in [6, 6.07) is 16.1. The van der Waals surface area contributed by atoms with E-state index in [1.807, 2.05) is 40.4 Å². The molecular formula is C34H34N4O7S. The first-order valence-electron chi connectivity index (χ1n) is 14.9. The number of aromatic nitrogens is 1. The molecule has 6 rings (SSSR count). The molecule has 0 unspecified atom stereocenters. The number of anilines is 1. The zero-order valence-corrected chi connectivity index (χ0v) is 26.6. The minimum Gasteiger partial charge on any atom is -0.493 e. The van der Waals surface area contributed by atoms with Crippen LogP contribution in [0.1, 0.15) is 48.0 Å². The molecule has 238 valence electrons. The molecule has 2 heterocycles. The number of hydrogen-bond donors (Lipinski definition) is 1. The summed E-state index contributed by atoms with van der Waals surface area (Å²) in [6.07, 6.45) is 7.47. The maximum Gasteiger partial charge on any atom is 0.343 e. The third-order valence-corrected chi connectivity index (χ3v) is 8.60. The molecule has 1 aromatic heterocycles. The van der Waals surface area contributed by atoms with Crippen LogP contribution in [0.2, 0.25) is 0 Å². The average Bonchev–Trinajstić information content (AvgIpc) is 3.49. The number of nitrogens with zero attached hydrogens (tertiary/aromatic N) is 3. The van der Waals surface area contributed by atoms with Crippen LogP contribution in [0.3, 0.4) is 0 Å². The summed E-state index contributed by atoms with van der Waals surface area (Å²) in [6.45, 7) is 0.00246. The first kappa shape index (κ1) is 30.9. The maximum absolute atomic E-state index is 13.0. The van der Waals surface area contributed by atoms with Crippen molar-refractivity contribution in [1.82, 2.24) is 4.68 Å². The predicted octanol–water partition coefficient (Wildman–Crippen LogP) is 5.91. The molecule has 12 heteroatoms. The summed E-state index contributed by atoms with van der Waals surface area (Å²) in [4.78, 5) is 30.8. The molecule has 0 spiro atoms. The van der Waals surface area contributed by atoms with E-state index in [-0.39, 0.29) is 24.1 Å². The highest BCUT2D eigenvalue weighted by molar-refractivity contribution is 7.07. The Hall–Kier alpha value is -5.10. The van der Waals surface area contributed by atoms with Crippen molar-refractivity contribution >= 4 is 35.1 Å². The standard InChI is InChI=1S/C34H34N4O7S/c1-41-29-16-23(17-30(42-2)32(29)43-3)33(40)45-25-12-9-21(10-13-25)18-35-38-27(20-46-34(38)36-24-7-5-4-6-8-24)22-11-14-28-26(15-22)37-31(39)19-44-28/h9-18,20,24H,4-8,19H2,1-3H3,(H,37,39). The van der Waals surface area contributed by atoms with Crippen molar-refractivity contribution in [1.29, 1.82) is 0 Å². The number of thiazole rings is 1. The fourth-order valence-electron chi connectivity index (χ4n) is 5.42. The van der Waals surface area contributed by atoms with E-state index in [4.69, 9.17) is 33.8 Å². The smallest absolute Gasteiger partial charge is 0.343 e. The van der Waals surface area contributed by atoms with Crippen molar-refractivity contribution in [2.24, 2.45) is 10.1 Å². The minimum atomic E-state index is -0.570. The highest BCUT2D eigenvalue weighted by atomic mass is 32.1. The van der Waals surface area contributed by atoms with Crippen molar-refractivity contribution in [3.8, 4) is 40.0 Å². The van der Waals surface area contributed by atoms with Crippen LogP contribution in [0, 0.1) is 0 Å². The number of benzene rings is 3. The molecule has 2 aliphatic rings. The normalized spacial score (nSPS) is 15.2. The molecule has 1 aliphatic carbocycles. The third kappa shape index (κ3) is 6.76. The Morgan fingerprint density at radius 3 is 2.41 bits per heavy atom. The summed E-state index contributed by atoms with van der Waals surface area (Å²) in [5, 5.41) is 9.75. The number of rotatable bonds is 9. The minimum absolute atomic E-state index is 0.00246. The van der Waals surface area contributed by atoms with Crippen LogP contribution < -0.4 is 33.8 Å². The number of fused-ring (bicyclic) bond motifs is 1. The van der Waals surface area contributed by atoms with Crippen molar-refractivity contribution in [2.75, 3.05) is 33.3 Å². The van der Waals surface area contributed by atoms with Crippen molar-refractivity contribution in [2.45, 2.75) is 38.1 Å². The van der Waals surface area contributed by atoms with Gasteiger partial charge in [-0.25, -0.2) is 9.47 Å². The van der Waals surface area contributed by atoms with Crippen molar-refractivity contribution in [3.05, 3.63) is 75.9 Å². The first-order valence-corrected chi connectivity index (χ1v) is 15.8. The second-order valence-electron chi connectivity index (χ2n) is 10.8. The van der Waals surface area contributed by atoms with E-state index in [0.29, 0.717) is 34.4 Å². The molecule has 0 radical (unpaired) electrons. The Morgan fingerprint density at radius 2 is 1.72 bits per heavy atom. The van der Waals surface area contributed by atoms with Gasteiger partial charge in [-0.3, -0.25) is 9.79 Å². The topological polar surface area (TPSA) is 122 Å². The second-order valence-corrected chi connectivity index (χ2v) is 11.6. The van der Waals surface area contributed by atoms with Crippen molar-refractivity contribution in [3.63, 3.8) is 0 Å². The molecule has 0 bridgehead atoms. The number of carbonyl (C=O) groups excluding carboxylic acids is 2. The SMILES string of the molecule is COc1cc(C(=O)Oc2ccc(C=Nn3c(-c4ccc5c(c4)NC(=O)CO5)csc3=NC3CCCCC3)cc2)cc(OC)c1OC. The van der Waals surface area contributed by atoms with Gasteiger partial charge in [-0.2, -0.15) is 5.10 Å². The molecule has 0 saturated heterocycles. The van der Waals surface area contributed by atoms with Gasteiger partial charge in [-0.15, -0.1) is 11.3 Å². The second kappa shape index (κ2) is 13.9. The van der Waals surface area contributed by atoms with E-state index >= 15 is 0 Å². The number of carbonyl (C=O) groups is 2. The van der Waals surface area contributed by atoms with E-state index in [1.165, 1.54) is 51.9 Å². The van der Waals surface area contributed by atoms with Crippen LogP contribution in [0.15, 0.2) is 70.1 Å². The monoisotopic (exact) mass is 642 g/mol. The molecular weight excluding hydrogens is 608 g/mol. The summed E-state index contributed by atoms with van der Waals surface area (Å²) in [7, 11) is 4.47. The highest BCUT2D eigenvalue weighted by Gasteiger charge is 2.20. The molecule has 4 aromatic rings. The third-order valence-electron chi connectivity index (χ3n) is 7.77. The fraction of sp³-hybridized carbons (Fsp3) is 0.294. The molecule has 46 heavy (non-hydrogen) atoms. The summed E-state index contributed by atoms with van der Waals surface area (Å²) >= 11 is 1.53. The van der Waals surface area contributed by atoms with Gasteiger partial charge in [-0.05, 0) is 73.0 Å². The zero-order chi connectivity index (χ0) is 32.0. The highest BCUT2D eigenvalue weighted by Crippen LogP contribution is 2.38.